The second-order valence-corrected chi connectivity index (χ2v) is 10.3. The Morgan fingerprint density at radius 2 is 2.00 bits per heavy atom. The molecule has 7 nitrogen and oxygen atoms in total. The maximum absolute atomic E-state index is 12.3. The second kappa shape index (κ2) is 8.39. The molecule has 2 aliphatic rings. The quantitative estimate of drug-likeness (QED) is 0.674. The fourth-order valence-corrected chi connectivity index (χ4v) is 5.61. The number of sulfonamides is 1. The van der Waals surface area contributed by atoms with E-state index in [9.17, 15) is 18.0 Å². The van der Waals surface area contributed by atoms with Gasteiger partial charge in [0, 0.05) is 26.2 Å². The van der Waals surface area contributed by atoms with Gasteiger partial charge in [-0.05, 0) is 55.2 Å². The number of amides is 1. The Hall–Kier alpha value is -1.64. The van der Waals surface area contributed by atoms with E-state index >= 15 is 0 Å². The predicted octanol–water partition coefficient (Wildman–Crippen LogP) is 2.90. The number of hydrogen-bond donors (Lipinski definition) is 1. The molecule has 2 fully saturated rings. The van der Waals surface area contributed by atoms with Crippen LogP contribution in [0.15, 0.2) is 23.1 Å². The molecule has 2 aliphatic carbocycles. The molecule has 1 aromatic carbocycles. The summed E-state index contributed by atoms with van der Waals surface area (Å²) in [6.45, 7) is -0.405. The average molecular weight is 429 g/mol. The minimum Gasteiger partial charge on any atom is -0.456 e. The summed E-state index contributed by atoms with van der Waals surface area (Å²) >= 11 is 5.98. The van der Waals surface area contributed by atoms with Gasteiger partial charge in [0.05, 0.1) is 5.02 Å². The minimum absolute atomic E-state index is 0.0592. The SMILES string of the molecule is CN(C)S(=O)(=O)c1cc(NC(=O)COC(=O)C[C@H]2C[C@H]3CC[C@H]2C3)ccc1Cl. The molecule has 2 saturated carbocycles. The summed E-state index contributed by atoms with van der Waals surface area (Å²) < 4.78 is 30.7. The number of fused-ring (bicyclic) bond motifs is 2. The predicted molar refractivity (Wildman–Crippen MR) is 105 cm³/mol. The highest BCUT2D eigenvalue weighted by molar-refractivity contribution is 7.89. The first kappa shape index (κ1) is 21.1. The van der Waals surface area contributed by atoms with Crippen LogP contribution in [0.3, 0.4) is 0 Å². The number of carbonyl (C=O) groups is 2. The van der Waals surface area contributed by atoms with Crippen molar-refractivity contribution in [1.82, 2.24) is 4.31 Å². The van der Waals surface area contributed by atoms with E-state index < -0.39 is 22.5 Å². The van der Waals surface area contributed by atoms with Crippen molar-refractivity contribution >= 4 is 39.2 Å². The Morgan fingerprint density at radius 1 is 1.25 bits per heavy atom. The molecule has 28 heavy (non-hydrogen) atoms. The van der Waals surface area contributed by atoms with E-state index in [0.29, 0.717) is 18.3 Å². The van der Waals surface area contributed by atoms with E-state index in [-0.39, 0.29) is 21.6 Å². The monoisotopic (exact) mass is 428 g/mol. The van der Waals surface area contributed by atoms with Crippen molar-refractivity contribution in [2.45, 2.75) is 37.0 Å². The number of benzene rings is 1. The highest BCUT2D eigenvalue weighted by Crippen LogP contribution is 2.49. The molecule has 0 aromatic heterocycles. The third-order valence-electron chi connectivity index (χ3n) is 5.65. The van der Waals surface area contributed by atoms with Crippen LogP contribution in [-0.4, -0.2) is 45.3 Å². The van der Waals surface area contributed by atoms with E-state index in [1.54, 1.807) is 0 Å². The summed E-state index contributed by atoms with van der Waals surface area (Å²) in [4.78, 5) is 24.0. The van der Waals surface area contributed by atoms with Gasteiger partial charge in [0.1, 0.15) is 4.90 Å². The first-order valence-corrected chi connectivity index (χ1v) is 11.2. The lowest BCUT2D eigenvalue weighted by atomic mass is 9.86. The molecule has 1 amide bonds. The number of hydrogen-bond acceptors (Lipinski definition) is 5. The van der Waals surface area contributed by atoms with E-state index in [1.165, 1.54) is 51.6 Å². The van der Waals surface area contributed by atoms with Crippen molar-refractivity contribution in [2.24, 2.45) is 17.8 Å². The summed E-state index contributed by atoms with van der Waals surface area (Å²) in [5, 5.41) is 2.60. The minimum atomic E-state index is -3.74. The zero-order chi connectivity index (χ0) is 20.5. The summed E-state index contributed by atoms with van der Waals surface area (Å²) in [6.07, 6.45) is 5.12. The number of ether oxygens (including phenoxy) is 1. The van der Waals surface area contributed by atoms with Gasteiger partial charge in [0.2, 0.25) is 10.0 Å². The summed E-state index contributed by atoms with van der Waals surface area (Å²) in [5.74, 6) is 0.863. The molecule has 0 spiro atoms. The number of anilines is 1. The molecule has 9 heteroatoms. The number of nitrogens with one attached hydrogen (secondary N) is 1. The molecule has 3 rings (SSSR count). The molecule has 0 aliphatic heterocycles. The standard InChI is InChI=1S/C19H25ClN2O5S/c1-22(2)28(25,26)17-10-15(5-6-16(17)20)21-18(23)11-27-19(24)9-14-8-12-3-4-13(14)7-12/h5-6,10,12-14H,3-4,7-9,11H2,1-2H3,(H,21,23)/t12-,13-,14+/m0/s1. The van der Waals surface area contributed by atoms with Gasteiger partial charge in [0.25, 0.3) is 5.91 Å². The molecule has 2 bridgehead atoms. The van der Waals surface area contributed by atoms with Crippen LogP contribution in [0.25, 0.3) is 0 Å². The van der Waals surface area contributed by atoms with Gasteiger partial charge in [-0.3, -0.25) is 9.59 Å². The van der Waals surface area contributed by atoms with E-state index in [0.717, 1.165) is 16.6 Å². The zero-order valence-corrected chi connectivity index (χ0v) is 17.6. The van der Waals surface area contributed by atoms with Crippen LogP contribution in [0.5, 0.6) is 0 Å². The Bertz CT molecular complexity index is 871. The van der Waals surface area contributed by atoms with E-state index in [1.807, 2.05) is 0 Å². The van der Waals surface area contributed by atoms with Gasteiger partial charge < -0.3 is 10.1 Å². The van der Waals surface area contributed by atoms with Crippen molar-refractivity contribution in [2.75, 3.05) is 26.0 Å². The number of halogens is 1. The van der Waals surface area contributed by atoms with Crippen LogP contribution >= 0.6 is 11.6 Å². The largest absolute Gasteiger partial charge is 0.456 e. The molecule has 0 saturated heterocycles. The normalized spacial score (nSPS) is 23.8. The molecule has 3 atom stereocenters. The molecule has 1 N–H and O–H groups in total. The van der Waals surface area contributed by atoms with Gasteiger partial charge in [-0.25, -0.2) is 12.7 Å². The Labute approximate surface area is 170 Å². The first-order valence-electron chi connectivity index (χ1n) is 9.34. The van der Waals surface area contributed by atoms with Crippen molar-refractivity contribution in [3.63, 3.8) is 0 Å². The lowest BCUT2D eigenvalue weighted by Crippen LogP contribution is -2.24. The molecule has 0 unspecified atom stereocenters. The van der Waals surface area contributed by atoms with Crippen molar-refractivity contribution < 1.29 is 22.7 Å². The zero-order valence-electron chi connectivity index (χ0n) is 16.0. The van der Waals surface area contributed by atoms with Gasteiger partial charge in [-0.1, -0.05) is 18.0 Å². The third kappa shape index (κ3) is 4.67. The van der Waals surface area contributed by atoms with Gasteiger partial charge >= 0.3 is 5.97 Å². The maximum Gasteiger partial charge on any atom is 0.306 e. The number of nitrogens with zero attached hydrogens (tertiary/aromatic N) is 1. The molecule has 0 radical (unpaired) electrons. The van der Waals surface area contributed by atoms with Crippen LogP contribution in [0.1, 0.15) is 32.1 Å². The summed E-state index contributed by atoms with van der Waals surface area (Å²) in [7, 11) is -0.954. The van der Waals surface area contributed by atoms with Crippen LogP contribution in [-0.2, 0) is 24.3 Å². The van der Waals surface area contributed by atoms with Gasteiger partial charge in [-0.2, -0.15) is 0 Å². The number of carbonyl (C=O) groups excluding carboxylic acids is 2. The molecule has 0 heterocycles. The van der Waals surface area contributed by atoms with Crippen LogP contribution in [0, 0.1) is 17.8 Å². The van der Waals surface area contributed by atoms with Crippen molar-refractivity contribution in [3.05, 3.63) is 23.2 Å². The molecule has 1 aromatic rings. The molecule has 154 valence electrons. The van der Waals surface area contributed by atoms with Gasteiger partial charge in [0.15, 0.2) is 6.61 Å². The number of rotatable bonds is 7. The smallest absolute Gasteiger partial charge is 0.306 e. The van der Waals surface area contributed by atoms with E-state index in [4.69, 9.17) is 16.3 Å². The van der Waals surface area contributed by atoms with Gasteiger partial charge in [-0.15, -0.1) is 0 Å². The Kier molecular flexibility index (Phi) is 6.31. The fraction of sp³-hybridized carbons (Fsp3) is 0.579. The fourth-order valence-electron chi connectivity index (χ4n) is 4.22. The van der Waals surface area contributed by atoms with E-state index in [2.05, 4.69) is 5.32 Å². The summed E-state index contributed by atoms with van der Waals surface area (Å²) in [5.41, 5.74) is 0.263. The molecular weight excluding hydrogens is 404 g/mol. The Balaban J connectivity index is 1.53. The average Bonchev–Trinajstić information content (AvgIpc) is 3.24. The van der Waals surface area contributed by atoms with Crippen LogP contribution in [0.2, 0.25) is 5.02 Å². The number of esters is 1. The first-order chi connectivity index (χ1) is 13.2. The molecular formula is C19H25ClN2O5S. The van der Waals surface area contributed by atoms with Crippen molar-refractivity contribution in [3.8, 4) is 0 Å². The third-order valence-corrected chi connectivity index (χ3v) is 7.95. The van der Waals surface area contributed by atoms with Crippen molar-refractivity contribution in [1.29, 1.82) is 0 Å². The lowest BCUT2D eigenvalue weighted by molar-refractivity contribution is -0.148. The lowest BCUT2D eigenvalue weighted by Gasteiger charge is -2.20. The highest BCUT2D eigenvalue weighted by Gasteiger charge is 2.40. The van der Waals surface area contributed by atoms with Crippen LogP contribution < -0.4 is 5.32 Å². The topological polar surface area (TPSA) is 92.8 Å². The maximum atomic E-state index is 12.3. The summed E-state index contributed by atoms with van der Waals surface area (Å²) in [6, 6.07) is 4.17. The second-order valence-electron chi connectivity index (χ2n) is 7.78. The van der Waals surface area contributed by atoms with Crippen LogP contribution in [0.4, 0.5) is 5.69 Å². The highest BCUT2D eigenvalue weighted by atomic mass is 35.5. The Morgan fingerprint density at radius 3 is 2.61 bits per heavy atom.